The molecule has 1 aliphatic heterocycles. The molecule has 2 N–H and O–H groups in total. The maximum atomic E-state index is 6.47. The predicted molar refractivity (Wildman–Crippen MR) is 78.2 cm³/mol. The fourth-order valence-electron chi connectivity index (χ4n) is 2.43. The number of hydrogen-bond acceptors (Lipinski definition) is 3. The van der Waals surface area contributed by atoms with Crippen LogP contribution in [-0.2, 0) is 12.8 Å². The van der Waals surface area contributed by atoms with Crippen LogP contribution in [0.2, 0.25) is 0 Å². The van der Waals surface area contributed by atoms with Crippen molar-refractivity contribution in [3.63, 3.8) is 0 Å². The second-order valence-electron chi connectivity index (χ2n) is 5.08. The summed E-state index contributed by atoms with van der Waals surface area (Å²) in [6.45, 7) is 0.530. The van der Waals surface area contributed by atoms with E-state index in [0.717, 1.165) is 22.3 Å². The summed E-state index contributed by atoms with van der Waals surface area (Å²) < 4.78 is 6.75. The molecule has 0 bridgehead atoms. The summed E-state index contributed by atoms with van der Waals surface area (Å²) in [7, 11) is 0. The molecule has 19 heavy (non-hydrogen) atoms. The smallest absolute Gasteiger partial charge is 0.122 e. The lowest BCUT2D eigenvalue weighted by Crippen LogP contribution is -2.51. The van der Waals surface area contributed by atoms with Crippen molar-refractivity contribution in [3.05, 3.63) is 58.3 Å². The first kappa shape index (κ1) is 12.6. The van der Waals surface area contributed by atoms with Gasteiger partial charge in [0.1, 0.15) is 12.4 Å². The Morgan fingerprint density at radius 3 is 2.89 bits per heavy atom. The summed E-state index contributed by atoms with van der Waals surface area (Å²) in [5.41, 5.74) is 8.26. The molecule has 3 nitrogen and oxygen atoms in total. The van der Waals surface area contributed by atoms with Crippen LogP contribution in [0.3, 0.4) is 0 Å². The third-order valence-electron chi connectivity index (χ3n) is 3.35. The maximum absolute atomic E-state index is 6.47. The van der Waals surface area contributed by atoms with Gasteiger partial charge in [0, 0.05) is 22.8 Å². The number of fused-ring (bicyclic) bond motifs is 1. The van der Waals surface area contributed by atoms with Gasteiger partial charge in [-0.1, -0.05) is 18.2 Å². The lowest BCUT2D eigenvalue weighted by atomic mass is 9.86. The third kappa shape index (κ3) is 2.80. The van der Waals surface area contributed by atoms with Crippen molar-refractivity contribution >= 4 is 15.9 Å². The number of nitrogens with two attached hydrogens (primary N) is 1. The maximum Gasteiger partial charge on any atom is 0.122 e. The minimum absolute atomic E-state index is 0.380. The quantitative estimate of drug-likeness (QED) is 0.926. The molecule has 2 aromatic rings. The number of hydrogen-bond donors (Lipinski definition) is 1. The van der Waals surface area contributed by atoms with E-state index in [0.29, 0.717) is 13.0 Å². The number of halogens is 1. The highest BCUT2D eigenvalue weighted by molar-refractivity contribution is 9.10. The zero-order valence-electron chi connectivity index (χ0n) is 10.5. The van der Waals surface area contributed by atoms with Gasteiger partial charge in [-0.05, 0) is 46.1 Å². The lowest BCUT2D eigenvalue weighted by molar-refractivity contribution is 0.189. The molecule has 98 valence electrons. The van der Waals surface area contributed by atoms with E-state index in [1.807, 2.05) is 30.3 Å². The first-order valence-corrected chi connectivity index (χ1v) is 7.04. The molecule has 3 rings (SSSR count). The first-order valence-electron chi connectivity index (χ1n) is 6.25. The van der Waals surface area contributed by atoms with Crippen LogP contribution in [0.25, 0.3) is 0 Å². The second-order valence-corrected chi connectivity index (χ2v) is 6.00. The van der Waals surface area contributed by atoms with Crippen LogP contribution in [0.5, 0.6) is 5.75 Å². The van der Waals surface area contributed by atoms with E-state index in [9.17, 15) is 0 Å². The van der Waals surface area contributed by atoms with E-state index in [1.54, 1.807) is 6.20 Å². The van der Waals surface area contributed by atoms with E-state index < -0.39 is 0 Å². The molecule has 0 saturated carbocycles. The fourth-order valence-corrected chi connectivity index (χ4v) is 2.66. The summed E-state index contributed by atoms with van der Waals surface area (Å²) in [5.74, 6) is 0.951. The van der Waals surface area contributed by atoms with Gasteiger partial charge in [-0.3, -0.25) is 4.98 Å². The Bertz CT molecular complexity index is 585. The van der Waals surface area contributed by atoms with Crippen molar-refractivity contribution in [2.75, 3.05) is 6.61 Å². The molecule has 0 saturated heterocycles. The van der Waals surface area contributed by atoms with Gasteiger partial charge in [0.2, 0.25) is 0 Å². The van der Waals surface area contributed by atoms with Crippen molar-refractivity contribution in [1.29, 1.82) is 0 Å². The SMILES string of the molecule is NC1(Cc2ccc(Br)cn2)COc2ccccc2C1. The summed E-state index contributed by atoms with van der Waals surface area (Å²) >= 11 is 3.39. The number of para-hydroxylation sites is 1. The molecule has 0 fully saturated rings. The van der Waals surface area contributed by atoms with Crippen molar-refractivity contribution in [2.45, 2.75) is 18.4 Å². The van der Waals surface area contributed by atoms with Gasteiger partial charge in [-0.15, -0.1) is 0 Å². The molecule has 0 amide bonds. The van der Waals surface area contributed by atoms with Gasteiger partial charge >= 0.3 is 0 Å². The van der Waals surface area contributed by atoms with Gasteiger partial charge in [0.05, 0.1) is 5.54 Å². The average molecular weight is 319 g/mol. The summed E-state index contributed by atoms with van der Waals surface area (Å²) in [6, 6.07) is 12.1. The monoisotopic (exact) mass is 318 g/mol. The van der Waals surface area contributed by atoms with Gasteiger partial charge in [-0.2, -0.15) is 0 Å². The summed E-state index contributed by atoms with van der Waals surface area (Å²) in [4.78, 5) is 4.39. The van der Waals surface area contributed by atoms with Gasteiger partial charge in [0.15, 0.2) is 0 Å². The van der Waals surface area contributed by atoms with E-state index >= 15 is 0 Å². The van der Waals surface area contributed by atoms with Crippen LogP contribution in [0.15, 0.2) is 47.1 Å². The average Bonchev–Trinajstić information content (AvgIpc) is 2.41. The topological polar surface area (TPSA) is 48.1 Å². The highest BCUT2D eigenvalue weighted by atomic mass is 79.9. The van der Waals surface area contributed by atoms with Crippen molar-refractivity contribution in [1.82, 2.24) is 4.98 Å². The molecule has 2 heterocycles. The van der Waals surface area contributed by atoms with Crippen molar-refractivity contribution in [3.8, 4) is 5.75 Å². The molecular weight excluding hydrogens is 304 g/mol. The molecule has 1 aromatic carbocycles. The van der Waals surface area contributed by atoms with Crippen molar-refractivity contribution in [2.24, 2.45) is 5.73 Å². The van der Waals surface area contributed by atoms with Crippen LogP contribution in [-0.4, -0.2) is 17.1 Å². The molecule has 1 atom stereocenters. The Balaban J connectivity index is 1.80. The zero-order valence-corrected chi connectivity index (χ0v) is 12.1. The molecule has 0 spiro atoms. The number of ether oxygens (including phenoxy) is 1. The third-order valence-corrected chi connectivity index (χ3v) is 3.82. The highest BCUT2D eigenvalue weighted by Crippen LogP contribution is 2.29. The minimum Gasteiger partial charge on any atom is -0.491 e. The largest absolute Gasteiger partial charge is 0.491 e. The zero-order chi connectivity index (χ0) is 13.3. The lowest BCUT2D eigenvalue weighted by Gasteiger charge is -2.34. The van der Waals surface area contributed by atoms with E-state index in [-0.39, 0.29) is 5.54 Å². The van der Waals surface area contributed by atoms with E-state index in [2.05, 4.69) is 27.0 Å². The van der Waals surface area contributed by atoms with E-state index in [1.165, 1.54) is 5.56 Å². The van der Waals surface area contributed by atoms with Crippen LogP contribution >= 0.6 is 15.9 Å². The Kier molecular flexibility index (Phi) is 3.29. The summed E-state index contributed by atoms with van der Waals surface area (Å²) in [5, 5.41) is 0. The Hall–Kier alpha value is -1.39. The highest BCUT2D eigenvalue weighted by Gasteiger charge is 2.32. The van der Waals surface area contributed by atoms with Crippen LogP contribution in [0.4, 0.5) is 0 Å². The molecule has 1 aromatic heterocycles. The molecule has 0 aliphatic carbocycles. The molecule has 1 unspecified atom stereocenters. The Morgan fingerprint density at radius 1 is 1.26 bits per heavy atom. The predicted octanol–water partition coefficient (Wildman–Crippen LogP) is 2.72. The summed E-state index contributed by atoms with van der Waals surface area (Å²) in [6.07, 6.45) is 3.34. The first-order chi connectivity index (χ1) is 9.15. The van der Waals surface area contributed by atoms with Gasteiger partial charge in [-0.25, -0.2) is 0 Å². The number of nitrogens with zero attached hydrogens (tertiary/aromatic N) is 1. The minimum atomic E-state index is -0.380. The Morgan fingerprint density at radius 2 is 2.11 bits per heavy atom. The number of aromatic nitrogens is 1. The fraction of sp³-hybridized carbons (Fsp3) is 0.267. The molecule has 4 heteroatoms. The number of rotatable bonds is 2. The van der Waals surface area contributed by atoms with E-state index in [4.69, 9.17) is 10.5 Å². The number of benzene rings is 1. The van der Waals surface area contributed by atoms with Crippen molar-refractivity contribution < 1.29 is 4.74 Å². The molecule has 1 aliphatic rings. The van der Waals surface area contributed by atoms with Crippen LogP contribution in [0, 0.1) is 0 Å². The normalized spacial score (nSPS) is 21.6. The van der Waals surface area contributed by atoms with Crippen LogP contribution in [0.1, 0.15) is 11.3 Å². The second kappa shape index (κ2) is 4.94. The van der Waals surface area contributed by atoms with Gasteiger partial charge in [0.25, 0.3) is 0 Å². The number of pyridine rings is 1. The van der Waals surface area contributed by atoms with Crippen LogP contribution < -0.4 is 10.5 Å². The Labute approximate surface area is 120 Å². The molecular formula is C15H15BrN2O. The molecule has 0 radical (unpaired) electrons. The van der Waals surface area contributed by atoms with Gasteiger partial charge < -0.3 is 10.5 Å². The standard InChI is InChI=1S/C15H15BrN2O/c16-12-5-6-13(18-9-12)8-15(17)7-11-3-1-2-4-14(11)19-10-15/h1-6,9H,7-8,10,17H2.